The molecule has 0 amide bonds. The number of alkyl halides is 1. The van der Waals surface area contributed by atoms with E-state index >= 15 is 0 Å². The quantitative estimate of drug-likeness (QED) is 0.471. The first-order chi connectivity index (χ1) is 9.33. The second kappa shape index (κ2) is 4.75. The minimum Gasteiger partial charge on any atom is -0.390 e. The van der Waals surface area contributed by atoms with Crippen LogP contribution < -0.4 is 11.4 Å². The summed E-state index contributed by atoms with van der Waals surface area (Å²) in [6.45, 7) is 0.508. The van der Waals surface area contributed by atoms with Crippen molar-refractivity contribution >= 4 is 5.82 Å². The van der Waals surface area contributed by atoms with Gasteiger partial charge in [0.05, 0.1) is 5.54 Å². The molecule has 2 heterocycles. The summed E-state index contributed by atoms with van der Waals surface area (Å²) in [7, 11) is 0. The van der Waals surface area contributed by atoms with Crippen LogP contribution in [0, 0.1) is 0 Å². The summed E-state index contributed by atoms with van der Waals surface area (Å²) in [6.07, 6.45) is -0.345. The van der Waals surface area contributed by atoms with E-state index in [0.717, 1.165) is 4.57 Å². The first kappa shape index (κ1) is 14.3. The average Bonchev–Trinajstić information content (AvgIpc) is 2.62. The van der Waals surface area contributed by atoms with Crippen LogP contribution in [0.25, 0.3) is 10.4 Å². The molecule has 20 heavy (non-hydrogen) atoms. The molecule has 0 aliphatic carbocycles. The minimum atomic E-state index is -2.39. The summed E-state index contributed by atoms with van der Waals surface area (Å²) >= 11 is 0. The zero-order valence-corrected chi connectivity index (χ0v) is 10.6. The summed E-state index contributed by atoms with van der Waals surface area (Å²) in [5.41, 5.74) is 11.8. The maximum Gasteiger partial charge on any atom is 0.351 e. The van der Waals surface area contributed by atoms with Gasteiger partial charge in [-0.05, 0) is 18.5 Å². The lowest BCUT2D eigenvalue weighted by molar-refractivity contribution is -0.179. The molecular weight excluding hydrogens is 271 g/mol. The summed E-state index contributed by atoms with van der Waals surface area (Å²) in [4.78, 5) is 17.9. The van der Waals surface area contributed by atoms with Gasteiger partial charge in [0.25, 0.3) is 0 Å². The molecule has 1 aliphatic heterocycles. The van der Waals surface area contributed by atoms with Crippen molar-refractivity contribution in [1.82, 2.24) is 9.55 Å². The van der Waals surface area contributed by atoms with Gasteiger partial charge in [0.2, 0.25) is 5.85 Å². The van der Waals surface area contributed by atoms with Gasteiger partial charge in [-0.3, -0.25) is 4.57 Å². The molecule has 108 valence electrons. The van der Waals surface area contributed by atoms with Crippen molar-refractivity contribution in [3.8, 4) is 0 Å². The topological polar surface area (TPSA) is 139 Å². The van der Waals surface area contributed by atoms with Crippen molar-refractivity contribution in [2.24, 2.45) is 5.11 Å². The normalized spacial score (nSPS) is 32.9. The molecule has 1 aromatic rings. The number of halogens is 1. The molecule has 0 unspecified atom stereocenters. The van der Waals surface area contributed by atoms with E-state index in [2.05, 4.69) is 15.0 Å². The fourth-order valence-electron chi connectivity index (χ4n) is 2.23. The summed E-state index contributed by atoms with van der Waals surface area (Å²) in [6, 6.07) is 1.33. The molecule has 1 aliphatic rings. The highest BCUT2D eigenvalue weighted by molar-refractivity contribution is 5.24. The maximum atomic E-state index is 14.2. The first-order valence-corrected chi connectivity index (χ1v) is 5.72. The van der Waals surface area contributed by atoms with E-state index in [-0.39, 0.29) is 12.2 Å². The lowest BCUT2D eigenvalue weighted by Gasteiger charge is -2.25. The molecule has 1 saturated heterocycles. The van der Waals surface area contributed by atoms with E-state index in [1.54, 1.807) is 0 Å². The van der Waals surface area contributed by atoms with Crippen molar-refractivity contribution in [3.63, 3.8) is 0 Å². The zero-order chi connectivity index (χ0) is 15.0. The van der Waals surface area contributed by atoms with Crippen molar-refractivity contribution in [2.45, 2.75) is 31.0 Å². The van der Waals surface area contributed by atoms with Gasteiger partial charge in [-0.25, -0.2) is 9.18 Å². The number of anilines is 1. The molecule has 1 aromatic heterocycles. The molecule has 0 radical (unpaired) electrons. The fourth-order valence-corrected chi connectivity index (χ4v) is 2.23. The third-order valence-corrected chi connectivity index (χ3v) is 3.09. The van der Waals surface area contributed by atoms with E-state index < -0.39 is 29.9 Å². The lowest BCUT2D eigenvalue weighted by Crippen LogP contribution is -2.37. The second-order valence-corrected chi connectivity index (χ2v) is 4.78. The third kappa shape index (κ3) is 2.31. The third-order valence-electron chi connectivity index (χ3n) is 3.09. The van der Waals surface area contributed by atoms with Gasteiger partial charge in [-0.2, -0.15) is 4.98 Å². The summed E-state index contributed by atoms with van der Waals surface area (Å²) in [5, 5.41) is 12.6. The van der Waals surface area contributed by atoms with Gasteiger partial charge in [-0.1, -0.05) is 5.11 Å². The highest BCUT2D eigenvalue weighted by Crippen LogP contribution is 2.46. The molecule has 9 nitrogen and oxygen atoms in total. The SMILES string of the molecule is C[C@@]1(N=[N+]=[N-])C[C@@](F)(CO)O[C@H]1n1ccc(N)nc1=O. The van der Waals surface area contributed by atoms with Crippen LogP contribution in [0.2, 0.25) is 0 Å². The monoisotopic (exact) mass is 284 g/mol. The fraction of sp³-hybridized carbons (Fsp3) is 0.600. The highest BCUT2D eigenvalue weighted by Gasteiger charge is 2.55. The number of nitrogen functional groups attached to an aromatic ring is 1. The van der Waals surface area contributed by atoms with Gasteiger partial charge in [0.1, 0.15) is 12.4 Å². The molecule has 0 aromatic carbocycles. The van der Waals surface area contributed by atoms with Gasteiger partial charge in [0, 0.05) is 17.5 Å². The Labute approximate surface area is 112 Å². The molecule has 1 fully saturated rings. The molecular formula is C10H13FN6O3. The number of ether oxygens (including phenoxy) is 1. The number of azide groups is 1. The molecule has 0 bridgehead atoms. The van der Waals surface area contributed by atoms with Crippen molar-refractivity contribution in [1.29, 1.82) is 0 Å². The number of nitrogens with zero attached hydrogens (tertiary/aromatic N) is 5. The van der Waals surface area contributed by atoms with Crippen LogP contribution in [0.4, 0.5) is 10.2 Å². The van der Waals surface area contributed by atoms with Gasteiger partial charge in [0.15, 0.2) is 6.23 Å². The molecule has 3 N–H and O–H groups in total. The Morgan fingerprint density at radius 3 is 3.10 bits per heavy atom. The number of hydrogen-bond acceptors (Lipinski definition) is 6. The molecule has 2 rings (SSSR count). The number of aliphatic hydroxyl groups is 1. The van der Waals surface area contributed by atoms with Crippen LogP contribution in [0.5, 0.6) is 0 Å². The van der Waals surface area contributed by atoms with Crippen LogP contribution in [-0.4, -0.2) is 32.7 Å². The van der Waals surface area contributed by atoms with E-state index in [0.29, 0.717) is 0 Å². The highest BCUT2D eigenvalue weighted by atomic mass is 19.2. The number of nitrogens with two attached hydrogens (primary N) is 1. The molecule has 10 heteroatoms. The molecule has 3 atom stereocenters. The Balaban J connectivity index is 2.52. The van der Waals surface area contributed by atoms with Crippen molar-refractivity contribution in [2.75, 3.05) is 12.3 Å². The Kier molecular flexibility index (Phi) is 3.38. The Morgan fingerprint density at radius 2 is 2.55 bits per heavy atom. The predicted molar refractivity (Wildman–Crippen MR) is 66.1 cm³/mol. The van der Waals surface area contributed by atoms with E-state index in [1.807, 2.05) is 0 Å². The molecule has 0 spiro atoms. The average molecular weight is 284 g/mol. The van der Waals surface area contributed by atoms with Crippen molar-refractivity contribution in [3.05, 3.63) is 33.2 Å². The van der Waals surface area contributed by atoms with Gasteiger partial charge >= 0.3 is 5.69 Å². The summed E-state index contributed by atoms with van der Waals surface area (Å²) < 4.78 is 20.2. The van der Waals surface area contributed by atoms with E-state index in [4.69, 9.17) is 21.1 Å². The number of hydrogen-bond donors (Lipinski definition) is 2. The molecule has 0 saturated carbocycles. The smallest absolute Gasteiger partial charge is 0.351 e. The minimum absolute atomic E-state index is 0.00315. The van der Waals surface area contributed by atoms with Crippen LogP contribution in [0.1, 0.15) is 19.6 Å². The van der Waals surface area contributed by atoms with Crippen LogP contribution >= 0.6 is 0 Å². The lowest BCUT2D eigenvalue weighted by atomic mass is 9.96. The van der Waals surface area contributed by atoms with E-state index in [9.17, 15) is 9.18 Å². The van der Waals surface area contributed by atoms with E-state index in [1.165, 1.54) is 19.2 Å². The Morgan fingerprint density at radius 1 is 1.85 bits per heavy atom. The first-order valence-electron chi connectivity index (χ1n) is 5.72. The largest absolute Gasteiger partial charge is 0.390 e. The van der Waals surface area contributed by atoms with Crippen LogP contribution in [-0.2, 0) is 4.74 Å². The summed E-state index contributed by atoms with van der Waals surface area (Å²) in [5.74, 6) is -2.39. The zero-order valence-electron chi connectivity index (χ0n) is 10.6. The Bertz CT molecular complexity index is 630. The number of aliphatic hydroxyl groups excluding tert-OH is 1. The number of aromatic nitrogens is 2. The predicted octanol–water partition coefficient (Wildman–Crippen LogP) is 0.471. The standard InChI is InChI=1S/C10H13FN6O3/c1-9(15-16-13)4-10(11,5-18)20-7(9)17-3-2-6(12)14-8(17)19/h2-3,7,18H,4-5H2,1H3,(H2,12,14,19)/t7-,9-,10+/m1/s1. The van der Waals surface area contributed by atoms with Gasteiger partial charge in [-0.15, -0.1) is 0 Å². The van der Waals surface area contributed by atoms with Gasteiger partial charge < -0.3 is 15.6 Å². The number of rotatable bonds is 3. The van der Waals surface area contributed by atoms with Crippen LogP contribution in [0.15, 0.2) is 22.2 Å². The maximum absolute atomic E-state index is 14.2. The van der Waals surface area contributed by atoms with Crippen LogP contribution in [0.3, 0.4) is 0 Å². The van der Waals surface area contributed by atoms with Crippen molar-refractivity contribution < 1.29 is 14.2 Å². The second-order valence-electron chi connectivity index (χ2n) is 4.78. The Hall–Kier alpha value is -2.16.